The van der Waals surface area contributed by atoms with Crippen molar-refractivity contribution in [2.75, 3.05) is 18.7 Å². The van der Waals surface area contributed by atoms with Crippen molar-refractivity contribution in [1.82, 2.24) is 9.88 Å². The summed E-state index contributed by atoms with van der Waals surface area (Å²) >= 11 is 1.62. The van der Waals surface area contributed by atoms with Gasteiger partial charge in [0, 0.05) is 29.7 Å². The van der Waals surface area contributed by atoms with E-state index in [1.165, 1.54) is 0 Å². The van der Waals surface area contributed by atoms with Crippen molar-refractivity contribution in [3.63, 3.8) is 0 Å². The third-order valence-corrected chi connectivity index (χ3v) is 5.30. The number of rotatable bonds is 5. The van der Waals surface area contributed by atoms with E-state index >= 15 is 0 Å². The van der Waals surface area contributed by atoms with E-state index in [1.54, 1.807) is 16.2 Å². The predicted octanol–water partition coefficient (Wildman–Crippen LogP) is 4.90. The molecule has 1 aromatic heterocycles. The fraction of sp³-hybridized carbons (Fsp3) is 0.238. The van der Waals surface area contributed by atoms with Crippen molar-refractivity contribution in [3.05, 3.63) is 58.4 Å². The molecule has 4 rings (SSSR count). The van der Waals surface area contributed by atoms with Crippen LogP contribution in [0.15, 0.2) is 47.8 Å². The summed E-state index contributed by atoms with van der Waals surface area (Å²) in [5.41, 5.74) is 3.74. The fourth-order valence-electron chi connectivity index (χ4n) is 3.01. The average molecular weight is 395 g/mol. The number of hydrogen-bond acceptors (Lipinski definition) is 5. The molecule has 0 atom stereocenters. The Hall–Kier alpha value is -3.06. The number of urea groups is 1. The van der Waals surface area contributed by atoms with Crippen molar-refractivity contribution < 1.29 is 14.3 Å². The first-order chi connectivity index (χ1) is 13.6. The van der Waals surface area contributed by atoms with Gasteiger partial charge in [-0.05, 0) is 43.7 Å². The van der Waals surface area contributed by atoms with Gasteiger partial charge in [0.05, 0.1) is 10.7 Å². The van der Waals surface area contributed by atoms with Crippen molar-refractivity contribution in [1.29, 1.82) is 0 Å². The molecule has 2 amide bonds. The van der Waals surface area contributed by atoms with Crippen LogP contribution in [0.5, 0.6) is 11.5 Å². The zero-order valence-corrected chi connectivity index (χ0v) is 16.6. The summed E-state index contributed by atoms with van der Waals surface area (Å²) < 4.78 is 10.7. The Morgan fingerprint density at radius 1 is 1.18 bits per heavy atom. The van der Waals surface area contributed by atoms with Gasteiger partial charge in [-0.3, -0.25) is 0 Å². The lowest BCUT2D eigenvalue weighted by atomic mass is 10.1. The molecule has 0 aliphatic carbocycles. The monoisotopic (exact) mass is 395 g/mol. The third kappa shape index (κ3) is 3.94. The van der Waals surface area contributed by atoms with Crippen LogP contribution in [0.25, 0.3) is 11.3 Å². The number of thiazole rings is 1. The number of amides is 2. The highest BCUT2D eigenvalue weighted by atomic mass is 32.1. The predicted molar refractivity (Wildman–Crippen MR) is 110 cm³/mol. The third-order valence-electron chi connectivity index (χ3n) is 4.53. The standard InChI is InChI=1S/C21H21N3O3S/c1-3-24(11-15-4-9-19-20(10-15)27-13-26-19)21(25)23-17-7-5-16(6-8-17)18-12-28-14(2)22-18/h4-10,12H,3,11,13H2,1-2H3,(H,23,25). The van der Waals surface area contributed by atoms with Gasteiger partial charge in [0.2, 0.25) is 6.79 Å². The molecular formula is C21H21N3O3S. The Balaban J connectivity index is 1.41. The number of carbonyl (C=O) groups is 1. The lowest BCUT2D eigenvalue weighted by molar-refractivity contribution is 0.174. The maximum Gasteiger partial charge on any atom is 0.322 e. The maximum absolute atomic E-state index is 12.7. The number of fused-ring (bicyclic) bond motifs is 1. The van der Waals surface area contributed by atoms with E-state index in [9.17, 15) is 4.79 Å². The first-order valence-electron chi connectivity index (χ1n) is 9.09. The highest BCUT2D eigenvalue weighted by molar-refractivity contribution is 7.09. The molecule has 0 radical (unpaired) electrons. The molecule has 28 heavy (non-hydrogen) atoms. The van der Waals surface area contributed by atoms with Crippen LogP contribution in [-0.4, -0.2) is 29.3 Å². The van der Waals surface area contributed by atoms with Gasteiger partial charge < -0.3 is 19.7 Å². The molecule has 6 nitrogen and oxygen atoms in total. The van der Waals surface area contributed by atoms with Crippen LogP contribution in [-0.2, 0) is 6.54 Å². The molecule has 0 bridgehead atoms. The van der Waals surface area contributed by atoms with Crippen molar-refractivity contribution in [2.45, 2.75) is 20.4 Å². The molecule has 1 N–H and O–H groups in total. The fourth-order valence-corrected chi connectivity index (χ4v) is 3.63. The van der Waals surface area contributed by atoms with Crippen LogP contribution < -0.4 is 14.8 Å². The normalized spacial score (nSPS) is 12.1. The Kier molecular flexibility index (Phi) is 5.16. The van der Waals surface area contributed by atoms with Gasteiger partial charge >= 0.3 is 6.03 Å². The summed E-state index contributed by atoms with van der Waals surface area (Å²) in [6.07, 6.45) is 0. The SMILES string of the molecule is CCN(Cc1ccc2c(c1)OCO2)C(=O)Nc1ccc(-c2csc(C)n2)cc1. The average Bonchev–Trinajstić information content (AvgIpc) is 3.35. The molecule has 0 unspecified atom stereocenters. The largest absolute Gasteiger partial charge is 0.454 e. The van der Waals surface area contributed by atoms with Crippen molar-refractivity contribution in [3.8, 4) is 22.8 Å². The minimum Gasteiger partial charge on any atom is -0.454 e. The molecule has 1 aliphatic rings. The van der Waals surface area contributed by atoms with E-state index in [1.807, 2.05) is 61.7 Å². The lowest BCUT2D eigenvalue weighted by Crippen LogP contribution is -2.34. The van der Waals surface area contributed by atoms with Gasteiger partial charge in [-0.15, -0.1) is 11.3 Å². The number of aryl methyl sites for hydroxylation is 1. The molecular weight excluding hydrogens is 374 g/mol. The molecule has 144 valence electrons. The van der Waals surface area contributed by atoms with E-state index in [0.29, 0.717) is 13.1 Å². The Labute approximate surface area is 167 Å². The quantitative estimate of drug-likeness (QED) is 0.667. The van der Waals surface area contributed by atoms with Crippen LogP contribution >= 0.6 is 11.3 Å². The van der Waals surface area contributed by atoms with E-state index in [2.05, 4.69) is 10.3 Å². The second kappa shape index (κ2) is 7.90. The molecule has 0 saturated heterocycles. The molecule has 0 spiro atoms. The van der Waals surface area contributed by atoms with Gasteiger partial charge in [0.15, 0.2) is 11.5 Å². The number of ether oxygens (including phenoxy) is 2. The molecule has 0 fully saturated rings. The maximum atomic E-state index is 12.7. The number of anilines is 1. The number of hydrogen-bond donors (Lipinski definition) is 1. The zero-order valence-electron chi connectivity index (χ0n) is 15.8. The Bertz CT molecular complexity index is 985. The topological polar surface area (TPSA) is 63.7 Å². The molecule has 2 heterocycles. The first kappa shape index (κ1) is 18.3. The van der Waals surface area contributed by atoms with Gasteiger partial charge in [-0.25, -0.2) is 9.78 Å². The minimum absolute atomic E-state index is 0.141. The van der Waals surface area contributed by atoms with Crippen LogP contribution in [0.3, 0.4) is 0 Å². The molecule has 3 aromatic rings. The smallest absolute Gasteiger partial charge is 0.322 e. The Morgan fingerprint density at radius 2 is 1.96 bits per heavy atom. The van der Waals surface area contributed by atoms with Crippen molar-refractivity contribution in [2.24, 2.45) is 0 Å². The molecule has 2 aromatic carbocycles. The van der Waals surface area contributed by atoms with Crippen molar-refractivity contribution >= 4 is 23.1 Å². The first-order valence-corrected chi connectivity index (χ1v) is 9.97. The second-order valence-electron chi connectivity index (χ2n) is 6.46. The van der Waals surface area contributed by atoms with Gasteiger partial charge in [0.1, 0.15) is 0 Å². The summed E-state index contributed by atoms with van der Waals surface area (Å²) in [4.78, 5) is 18.9. The molecule has 0 saturated carbocycles. The number of carbonyl (C=O) groups excluding carboxylic acids is 1. The van der Waals surface area contributed by atoms with E-state index in [-0.39, 0.29) is 12.8 Å². The zero-order chi connectivity index (χ0) is 19.5. The highest BCUT2D eigenvalue weighted by Gasteiger charge is 2.17. The minimum atomic E-state index is -0.141. The number of nitrogens with zero attached hydrogens (tertiary/aromatic N) is 2. The summed E-state index contributed by atoms with van der Waals surface area (Å²) in [6, 6.07) is 13.3. The second-order valence-corrected chi connectivity index (χ2v) is 7.52. The van der Waals surface area contributed by atoms with Crippen LogP contribution in [0.2, 0.25) is 0 Å². The summed E-state index contributed by atoms with van der Waals surface area (Å²) in [7, 11) is 0. The highest BCUT2D eigenvalue weighted by Crippen LogP contribution is 2.32. The van der Waals surface area contributed by atoms with E-state index < -0.39 is 0 Å². The molecule has 7 heteroatoms. The van der Waals surface area contributed by atoms with Gasteiger partial charge in [0.25, 0.3) is 0 Å². The summed E-state index contributed by atoms with van der Waals surface area (Å²) in [5, 5.41) is 6.03. The summed E-state index contributed by atoms with van der Waals surface area (Å²) in [5.74, 6) is 1.47. The number of aromatic nitrogens is 1. The van der Waals surface area contributed by atoms with Crippen LogP contribution in [0.1, 0.15) is 17.5 Å². The van der Waals surface area contributed by atoms with Crippen LogP contribution in [0.4, 0.5) is 10.5 Å². The van der Waals surface area contributed by atoms with Gasteiger partial charge in [-0.1, -0.05) is 18.2 Å². The van der Waals surface area contributed by atoms with E-state index in [4.69, 9.17) is 9.47 Å². The number of benzene rings is 2. The molecule has 1 aliphatic heterocycles. The van der Waals surface area contributed by atoms with E-state index in [0.717, 1.165) is 39.0 Å². The Morgan fingerprint density at radius 3 is 2.68 bits per heavy atom. The van der Waals surface area contributed by atoms with Gasteiger partial charge in [-0.2, -0.15) is 0 Å². The van der Waals surface area contributed by atoms with Crippen LogP contribution in [0, 0.1) is 6.92 Å². The lowest BCUT2D eigenvalue weighted by Gasteiger charge is -2.21. The number of nitrogens with one attached hydrogen (secondary N) is 1. The summed E-state index contributed by atoms with van der Waals surface area (Å²) in [6.45, 7) is 5.28.